The summed E-state index contributed by atoms with van der Waals surface area (Å²) in [5.41, 5.74) is 4.47. The van der Waals surface area contributed by atoms with E-state index in [4.69, 9.17) is 0 Å². The van der Waals surface area contributed by atoms with Crippen molar-refractivity contribution in [3.05, 3.63) is 90.0 Å². The highest BCUT2D eigenvalue weighted by Crippen LogP contribution is 2.22. The summed E-state index contributed by atoms with van der Waals surface area (Å²) in [6.45, 7) is 0. The number of phenolic OH excluding ortho intramolecular Hbond substituents is 1. The molecule has 0 amide bonds. The first-order chi connectivity index (χ1) is 11.7. The first kappa shape index (κ1) is 16.5. The predicted octanol–water partition coefficient (Wildman–Crippen LogP) is 4.55. The summed E-state index contributed by atoms with van der Waals surface area (Å²) in [5.74, 6) is 1.54. The van der Waals surface area contributed by atoms with Crippen LogP contribution in [0.15, 0.2) is 78.9 Å². The van der Waals surface area contributed by atoms with Crippen LogP contribution in [-0.4, -0.2) is 15.1 Å². The van der Waals surface area contributed by atoms with E-state index in [2.05, 4.69) is 12.1 Å². The zero-order chi connectivity index (χ0) is 16.8. The molecule has 0 bridgehead atoms. The lowest BCUT2D eigenvalue weighted by molar-refractivity contribution is 0.475. The number of hydrogen-bond donors (Lipinski definition) is 1. The lowest BCUT2D eigenvalue weighted by Gasteiger charge is -2.06. The molecule has 3 rings (SSSR count). The fourth-order valence-electron chi connectivity index (χ4n) is 2.58. The highest BCUT2D eigenvalue weighted by Gasteiger charge is 2.04. The molecule has 3 aromatic carbocycles. The van der Waals surface area contributed by atoms with Crippen molar-refractivity contribution in [1.29, 1.82) is 0 Å². The van der Waals surface area contributed by atoms with Gasteiger partial charge in [-0.05, 0) is 40.8 Å². The number of hydrogen-bond acceptors (Lipinski definition) is 2. The Morgan fingerprint density at radius 2 is 1.29 bits per heavy atom. The predicted molar refractivity (Wildman–Crippen MR) is 100 cm³/mol. The Bertz CT molecular complexity index is 794. The van der Waals surface area contributed by atoms with Crippen LogP contribution in [0.2, 0.25) is 0 Å². The monoisotopic (exact) mass is 336 g/mol. The molecule has 122 valence electrons. The molecule has 0 heterocycles. The van der Waals surface area contributed by atoms with Crippen LogP contribution < -0.4 is 0 Å². The molecule has 3 aromatic rings. The second-order valence-corrected chi connectivity index (χ2v) is 7.34. The van der Waals surface area contributed by atoms with E-state index in [1.54, 1.807) is 12.1 Å². The Hall–Kier alpha value is -2.39. The van der Waals surface area contributed by atoms with Gasteiger partial charge in [-0.15, -0.1) is 0 Å². The molecule has 0 radical (unpaired) electrons. The molecule has 1 atom stereocenters. The van der Waals surface area contributed by atoms with Crippen LogP contribution in [0, 0.1) is 0 Å². The molecule has 0 aliphatic carbocycles. The van der Waals surface area contributed by atoms with Crippen LogP contribution in [-0.2, 0) is 23.0 Å². The van der Waals surface area contributed by atoms with Gasteiger partial charge in [-0.1, -0.05) is 66.7 Å². The maximum atomic E-state index is 12.3. The summed E-state index contributed by atoms with van der Waals surface area (Å²) < 4.78 is 12.3. The summed E-state index contributed by atoms with van der Waals surface area (Å²) in [4.78, 5) is 0. The number of benzene rings is 3. The maximum absolute atomic E-state index is 12.3. The summed E-state index contributed by atoms with van der Waals surface area (Å²) in [6, 6.07) is 25.5. The minimum atomic E-state index is -0.859. The van der Waals surface area contributed by atoms with E-state index in [9.17, 15) is 9.32 Å². The Morgan fingerprint density at radius 3 is 1.92 bits per heavy atom. The minimum absolute atomic E-state index is 0.268. The van der Waals surface area contributed by atoms with Gasteiger partial charge in [0.2, 0.25) is 0 Å². The Balaban J connectivity index is 1.57. The van der Waals surface area contributed by atoms with Gasteiger partial charge < -0.3 is 5.11 Å². The van der Waals surface area contributed by atoms with E-state index in [-0.39, 0.29) is 5.75 Å². The molecular formula is C21H20O2S. The fourth-order valence-corrected chi connectivity index (χ4v) is 3.75. The molecule has 0 aromatic heterocycles. The first-order valence-electron chi connectivity index (χ1n) is 7.98. The number of rotatable bonds is 6. The molecule has 0 aliphatic rings. The van der Waals surface area contributed by atoms with Crippen LogP contribution in [0.4, 0.5) is 0 Å². The highest BCUT2D eigenvalue weighted by molar-refractivity contribution is 7.84. The van der Waals surface area contributed by atoms with E-state index in [1.165, 1.54) is 5.56 Å². The van der Waals surface area contributed by atoms with Crippen molar-refractivity contribution in [3.63, 3.8) is 0 Å². The van der Waals surface area contributed by atoms with Gasteiger partial charge in [-0.2, -0.15) is 0 Å². The highest BCUT2D eigenvalue weighted by atomic mass is 32.2. The van der Waals surface area contributed by atoms with E-state index < -0.39 is 10.8 Å². The molecule has 3 heteroatoms. The largest absolute Gasteiger partial charge is 0.508 e. The molecule has 0 spiro atoms. The lowest BCUT2D eigenvalue weighted by atomic mass is 10.0. The topological polar surface area (TPSA) is 37.3 Å². The third-order valence-corrected chi connectivity index (χ3v) is 5.26. The zero-order valence-corrected chi connectivity index (χ0v) is 14.2. The van der Waals surface area contributed by atoms with Crippen LogP contribution in [0.1, 0.15) is 11.1 Å². The van der Waals surface area contributed by atoms with Crippen LogP contribution in [0.25, 0.3) is 11.1 Å². The average Bonchev–Trinajstić information content (AvgIpc) is 2.62. The van der Waals surface area contributed by atoms with Crippen molar-refractivity contribution in [2.45, 2.75) is 12.2 Å². The Morgan fingerprint density at radius 1 is 0.708 bits per heavy atom. The molecule has 0 saturated heterocycles. The second-order valence-electron chi connectivity index (χ2n) is 5.77. The van der Waals surface area contributed by atoms with Crippen molar-refractivity contribution in [2.24, 2.45) is 0 Å². The van der Waals surface area contributed by atoms with Gasteiger partial charge in [0.15, 0.2) is 0 Å². The van der Waals surface area contributed by atoms with Crippen LogP contribution >= 0.6 is 0 Å². The number of phenols is 1. The second kappa shape index (κ2) is 7.93. The minimum Gasteiger partial charge on any atom is -0.508 e. The number of aromatic hydroxyl groups is 1. The van der Waals surface area contributed by atoms with Gasteiger partial charge in [0, 0.05) is 22.3 Å². The van der Waals surface area contributed by atoms with Crippen LogP contribution in [0.5, 0.6) is 5.75 Å². The molecule has 1 N–H and O–H groups in total. The van der Waals surface area contributed by atoms with E-state index in [0.29, 0.717) is 11.5 Å². The summed E-state index contributed by atoms with van der Waals surface area (Å²) >= 11 is 0. The molecular weight excluding hydrogens is 316 g/mol. The van der Waals surface area contributed by atoms with Gasteiger partial charge in [0.05, 0.1) is 0 Å². The molecule has 0 aliphatic heterocycles. The van der Waals surface area contributed by atoms with Gasteiger partial charge >= 0.3 is 0 Å². The molecule has 2 nitrogen and oxygen atoms in total. The summed E-state index contributed by atoms with van der Waals surface area (Å²) in [7, 11) is -0.859. The van der Waals surface area contributed by atoms with Crippen molar-refractivity contribution < 1.29 is 9.32 Å². The van der Waals surface area contributed by atoms with Crippen molar-refractivity contribution >= 4 is 10.8 Å². The Kier molecular flexibility index (Phi) is 5.44. The molecule has 24 heavy (non-hydrogen) atoms. The SMILES string of the molecule is O=S(CCc1ccccc1)Cc1ccc(-c2ccc(O)cc2)cc1. The van der Waals surface area contributed by atoms with E-state index in [1.807, 2.05) is 54.6 Å². The van der Waals surface area contributed by atoms with E-state index in [0.717, 1.165) is 23.1 Å². The summed E-state index contributed by atoms with van der Waals surface area (Å²) in [5, 5.41) is 9.35. The van der Waals surface area contributed by atoms with Crippen molar-refractivity contribution in [1.82, 2.24) is 0 Å². The fraction of sp³-hybridized carbons (Fsp3) is 0.143. The van der Waals surface area contributed by atoms with Crippen molar-refractivity contribution in [3.8, 4) is 16.9 Å². The zero-order valence-electron chi connectivity index (χ0n) is 13.4. The van der Waals surface area contributed by atoms with Gasteiger partial charge in [0.1, 0.15) is 5.75 Å². The first-order valence-corrected chi connectivity index (χ1v) is 9.47. The normalized spacial score (nSPS) is 12.0. The van der Waals surface area contributed by atoms with E-state index >= 15 is 0 Å². The third-order valence-electron chi connectivity index (χ3n) is 3.94. The Labute approximate surface area is 145 Å². The van der Waals surface area contributed by atoms with Crippen LogP contribution in [0.3, 0.4) is 0 Å². The molecule has 1 unspecified atom stereocenters. The molecule has 0 saturated carbocycles. The standard InChI is InChI=1S/C21H20O2S/c22-21-12-10-20(11-13-21)19-8-6-18(7-9-19)16-24(23)15-14-17-4-2-1-3-5-17/h1-13,22H,14-16H2. The number of aryl methyl sites for hydroxylation is 1. The van der Waals surface area contributed by atoms with Crippen molar-refractivity contribution in [2.75, 3.05) is 5.75 Å². The quantitative estimate of drug-likeness (QED) is 0.717. The summed E-state index contributed by atoms with van der Waals surface area (Å²) in [6.07, 6.45) is 0.846. The van der Waals surface area contributed by atoms with Gasteiger partial charge in [-0.3, -0.25) is 4.21 Å². The third kappa shape index (κ3) is 4.56. The van der Waals surface area contributed by atoms with Gasteiger partial charge in [-0.25, -0.2) is 0 Å². The average molecular weight is 336 g/mol. The maximum Gasteiger partial charge on any atom is 0.115 e. The smallest absolute Gasteiger partial charge is 0.115 e. The molecule has 0 fully saturated rings. The lowest BCUT2D eigenvalue weighted by Crippen LogP contribution is -2.03. The van der Waals surface area contributed by atoms with Gasteiger partial charge in [0.25, 0.3) is 0 Å².